The summed E-state index contributed by atoms with van der Waals surface area (Å²) in [4.78, 5) is 0. The van der Waals surface area contributed by atoms with Crippen molar-refractivity contribution in [3.05, 3.63) is 18.0 Å². The molecule has 1 aromatic heterocycles. The molecule has 0 atom stereocenters. The highest BCUT2D eigenvalue weighted by molar-refractivity contribution is 4.99. The predicted molar refractivity (Wildman–Crippen MR) is 57.7 cm³/mol. The van der Waals surface area contributed by atoms with E-state index in [2.05, 4.69) is 30.2 Å². The molecule has 0 aliphatic rings. The van der Waals surface area contributed by atoms with Crippen LogP contribution in [-0.2, 0) is 13.1 Å². The van der Waals surface area contributed by atoms with Crippen molar-refractivity contribution in [2.45, 2.75) is 39.4 Å². The first-order chi connectivity index (χ1) is 6.72. The van der Waals surface area contributed by atoms with Crippen LogP contribution in [0.1, 0.15) is 26.0 Å². The molecule has 0 unspecified atom stereocenters. The maximum Gasteiger partial charge on any atom is 0.0762 e. The standard InChI is InChI=1S/C11H17N3/c1-4-5-7-14-8-6-11(13-14)9-12-10(2)3/h1,6,8,10,12H,5,7,9H2,2-3H3. The van der Waals surface area contributed by atoms with Gasteiger partial charge in [0.15, 0.2) is 0 Å². The lowest BCUT2D eigenvalue weighted by Gasteiger charge is -2.04. The second-order valence-electron chi connectivity index (χ2n) is 3.56. The van der Waals surface area contributed by atoms with Crippen LogP contribution in [0.3, 0.4) is 0 Å². The molecule has 0 aromatic carbocycles. The van der Waals surface area contributed by atoms with Gasteiger partial charge in [-0.05, 0) is 6.07 Å². The van der Waals surface area contributed by atoms with Crippen molar-refractivity contribution in [2.75, 3.05) is 0 Å². The lowest BCUT2D eigenvalue weighted by molar-refractivity contribution is 0.562. The van der Waals surface area contributed by atoms with Crippen LogP contribution in [0.15, 0.2) is 12.3 Å². The van der Waals surface area contributed by atoms with Crippen LogP contribution in [-0.4, -0.2) is 15.8 Å². The molecular weight excluding hydrogens is 174 g/mol. The SMILES string of the molecule is C#CCCn1ccc(CNC(C)C)n1. The lowest BCUT2D eigenvalue weighted by atomic mass is 10.3. The molecule has 1 N–H and O–H groups in total. The van der Waals surface area contributed by atoms with Gasteiger partial charge in [-0.1, -0.05) is 13.8 Å². The molecule has 0 saturated heterocycles. The normalized spacial score (nSPS) is 10.4. The number of nitrogens with zero attached hydrogens (tertiary/aromatic N) is 2. The zero-order valence-electron chi connectivity index (χ0n) is 8.83. The number of hydrogen-bond acceptors (Lipinski definition) is 2. The fourth-order valence-corrected chi connectivity index (χ4v) is 1.11. The van der Waals surface area contributed by atoms with Crippen LogP contribution < -0.4 is 5.32 Å². The Kier molecular flexibility index (Phi) is 4.21. The maximum absolute atomic E-state index is 5.18. The third kappa shape index (κ3) is 3.63. The summed E-state index contributed by atoms with van der Waals surface area (Å²) in [6.45, 7) is 5.86. The first-order valence-electron chi connectivity index (χ1n) is 4.91. The summed E-state index contributed by atoms with van der Waals surface area (Å²) in [6, 6.07) is 2.51. The van der Waals surface area contributed by atoms with Gasteiger partial charge in [-0.3, -0.25) is 4.68 Å². The monoisotopic (exact) mass is 191 g/mol. The van der Waals surface area contributed by atoms with Crippen molar-refractivity contribution >= 4 is 0 Å². The number of aromatic nitrogens is 2. The number of aryl methyl sites for hydroxylation is 1. The van der Waals surface area contributed by atoms with E-state index >= 15 is 0 Å². The zero-order chi connectivity index (χ0) is 10.4. The fraction of sp³-hybridized carbons (Fsp3) is 0.545. The highest BCUT2D eigenvalue weighted by Gasteiger charge is 1.99. The van der Waals surface area contributed by atoms with Crippen LogP contribution in [0.5, 0.6) is 0 Å². The van der Waals surface area contributed by atoms with E-state index in [1.807, 2.05) is 16.9 Å². The summed E-state index contributed by atoms with van der Waals surface area (Å²) in [6.07, 6.45) is 7.88. The van der Waals surface area contributed by atoms with Crippen molar-refractivity contribution in [1.29, 1.82) is 0 Å². The van der Waals surface area contributed by atoms with Gasteiger partial charge in [-0.25, -0.2) is 0 Å². The average Bonchev–Trinajstić information content (AvgIpc) is 2.59. The Balaban J connectivity index is 2.39. The van der Waals surface area contributed by atoms with Gasteiger partial charge in [0.2, 0.25) is 0 Å². The minimum absolute atomic E-state index is 0.492. The summed E-state index contributed by atoms with van der Waals surface area (Å²) in [5.41, 5.74) is 1.07. The van der Waals surface area contributed by atoms with E-state index in [0.717, 1.165) is 25.2 Å². The molecule has 76 valence electrons. The molecule has 1 aromatic rings. The van der Waals surface area contributed by atoms with Gasteiger partial charge in [0.1, 0.15) is 0 Å². The predicted octanol–water partition coefficient (Wildman–Crippen LogP) is 1.40. The van der Waals surface area contributed by atoms with Gasteiger partial charge < -0.3 is 5.32 Å². The molecule has 0 bridgehead atoms. The molecule has 0 fully saturated rings. The molecule has 1 heterocycles. The molecule has 0 aliphatic carbocycles. The number of nitrogens with one attached hydrogen (secondary N) is 1. The van der Waals surface area contributed by atoms with Gasteiger partial charge >= 0.3 is 0 Å². The van der Waals surface area contributed by atoms with E-state index in [-0.39, 0.29) is 0 Å². The van der Waals surface area contributed by atoms with Gasteiger partial charge in [-0.2, -0.15) is 5.10 Å². The van der Waals surface area contributed by atoms with Crippen LogP contribution >= 0.6 is 0 Å². The van der Waals surface area contributed by atoms with Gasteiger partial charge in [-0.15, -0.1) is 12.3 Å². The summed E-state index contributed by atoms with van der Waals surface area (Å²) < 4.78 is 1.89. The summed E-state index contributed by atoms with van der Waals surface area (Å²) in [5.74, 6) is 2.60. The third-order valence-corrected chi connectivity index (χ3v) is 1.87. The molecule has 1 rings (SSSR count). The smallest absolute Gasteiger partial charge is 0.0762 e. The lowest BCUT2D eigenvalue weighted by Crippen LogP contribution is -2.22. The van der Waals surface area contributed by atoms with E-state index in [0.29, 0.717) is 6.04 Å². The minimum atomic E-state index is 0.492. The van der Waals surface area contributed by atoms with Crippen LogP contribution in [0.2, 0.25) is 0 Å². The van der Waals surface area contributed by atoms with Crippen LogP contribution in [0.4, 0.5) is 0 Å². The summed E-state index contributed by atoms with van der Waals surface area (Å²) in [5, 5.41) is 7.69. The van der Waals surface area contributed by atoms with Crippen LogP contribution in [0.25, 0.3) is 0 Å². The summed E-state index contributed by atoms with van der Waals surface area (Å²) in [7, 11) is 0. The first-order valence-corrected chi connectivity index (χ1v) is 4.91. The number of hydrogen-bond donors (Lipinski definition) is 1. The number of rotatable bonds is 5. The minimum Gasteiger partial charge on any atom is -0.309 e. The molecule has 3 nitrogen and oxygen atoms in total. The Morgan fingerprint density at radius 3 is 3.07 bits per heavy atom. The van der Waals surface area contributed by atoms with E-state index < -0.39 is 0 Å². The second-order valence-corrected chi connectivity index (χ2v) is 3.56. The maximum atomic E-state index is 5.18. The van der Waals surface area contributed by atoms with Crippen LogP contribution in [0, 0.1) is 12.3 Å². The Bertz CT molecular complexity index is 307. The molecule has 0 amide bonds. The van der Waals surface area contributed by atoms with Crippen molar-refractivity contribution < 1.29 is 0 Å². The second kappa shape index (κ2) is 5.46. The van der Waals surface area contributed by atoms with Gasteiger partial charge in [0.05, 0.1) is 12.2 Å². The Morgan fingerprint density at radius 1 is 1.64 bits per heavy atom. The summed E-state index contributed by atoms with van der Waals surface area (Å²) >= 11 is 0. The van der Waals surface area contributed by atoms with E-state index in [9.17, 15) is 0 Å². The molecule has 0 radical (unpaired) electrons. The van der Waals surface area contributed by atoms with Crippen molar-refractivity contribution in [3.8, 4) is 12.3 Å². The van der Waals surface area contributed by atoms with E-state index in [4.69, 9.17) is 6.42 Å². The molecule has 3 heteroatoms. The van der Waals surface area contributed by atoms with Gasteiger partial charge in [0.25, 0.3) is 0 Å². The van der Waals surface area contributed by atoms with Crippen molar-refractivity contribution in [1.82, 2.24) is 15.1 Å². The molecular formula is C11H17N3. The fourth-order valence-electron chi connectivity index (χ4n) is 1.11. The largest absolute Gasteiger partial charge is 0.309 e. The topological polar surface area (TPSA) is 29.9 Å². The van der Waals surface area contributed by atoms with Crippen molar-refractivity contribution in [3.63, 3.8) is 0 Å². The number of terminal acetylenes is 1. The third-order valence-electron chi connectivity index (χ3n) is 1.87. The van der Waals surface area contributed by atoms with Gasteiger partial charge in [0, 0.05) is 25.2 Å². The van der Waals surface area contributed by atoms with E-state index in [1.54, 1.807) is 0 Å². The Hall–Kier alpha value is -1.27. The highest BCUT2D eigenvalue weighted by atomic mass is 15.3. The molecule has 0 saturated carbocycles. The van der Waals surface area contributed by atoms with E-state index in [1.165, 1.54) is 0 Å². The molecule has 0 aliphatic heterocycles. The Morgan fingerprint density at radius 2 is 2.43 bits per heavy atom. The zero-order valence-corrected chi connectivity index (χ0v) is 8.83. The Labute approximate surface area is 85.5 Å². The average molecular weight is 191 g/mol. The molecule has 0 spiro atoms. The highest BCUT2D eigenvalue weighted by Crippen LogP contribution is 1.97. The van der Waals surface area contributed by atoms with Crippen molar-refractivity contribution in [2.24, 2.45) is 0 Å². The first kappa shape index (κ1) is 10.8. The quantitative estimate of drug-likeness (QED) is 0.713. The molecule has 14 heavy (non-hydrogen) atoms.